The van der Waals surface area contributed by atoms with Crippen LogP contribution in [0.3, 0.4) is 0 Å². The summed E-state index contributed by atoms with van der Waals surface area (Å²) in [4.78, 5) is 11.2. The van der Waals surface area contributed by atoms with Crippen LogP contribution in [-0.2, 0) is 11.0 Å². The van der Waals surface area contributed by atoms with Gasteiger partial charge in [-0.2, -0.15) is 13.2 Å². The molecular weight excluding hydrogens is 325 g/mol. The SMILES string of the molecule is CCNC(=O)CCNc1ccc(Br)cc1C(F)(F)F. The second-order valence-electron chi connectivity index (χ2n) is 3.82. The van der Waals surface area contributed by atoms with Gasteiger partial charge in [0.2, 0.25) is 5.91 Å². The molecule has 3 nitrogen and oxygen atoms in total. The maximum atomic E-state index is 12.8. The fourth-order valence-corrected chi connectivity index (χ4v) is 1.86. The summed E-state index contributed by atoms with van der Waals surface area (Å²) in [7, 11) is 0. The smallest absolute Gasteiger partial charge is 0.384 e. The summed E-state index contributed by atoms with van der Waals surface area (Å²) in [5.41, 5.74) is -0.780. The van der Waals surface area contributed by atoms with Gasteiger partial charge in [0.1, 0.15) is 0 Å². The van der Waals surface area contributed by atoms with Crippen molar-refractivity contribution in [1.82, 2.24) is 5.32 Å². The van der Waals surface area contributed by atoms with Crippen molar-refractivity contribution in [2.75, 3.05) is 18.4 Å². The molecular formula is C12H14BrF3N2O. The summed E-state index contributed by atoms with van der Waals surface area (Å²) in [6, 6.07) is 3.86. The normalized spacial score (nSPS) is 11.2. The Morgan fingerprint density at radius 1 is 1.37 bits per heavy atom. The summed E-state index contributed by atoms with van der Waals surface area (Å²) in [5, 5.41) is 5.21. The highest BCUT2D eigenvalue weighted by molar-refractivity contribution is 9.10. The number of halogens is 4. The van der Waals surface area contributed by atoms with Crippen molar-refractivity contribution in [3.05, 3.63) is 28.2 Å². The predicted octanol–water partition coefficient (Wildman–Crippen LogP) is 3.41. The molecule has 1 aromatic carbocycles. The fraction of sp³-hybridized carbons (Fsp3) is 0.417. The number of rotatable bonds is 5. The zero-order chi connectivity index (χ0) is 14.5. The Bertz CT molecular complexity index is 449. The molecule has 0 aliphatic rings. The van der Waals surface area contributed by atoms with Crippen LogP contribution < -0.4 is 10.6 Å². The lowest BCUT2D eigenvalue weighted by molar-refractivity contribution is -0.137. The Morgan fingerprint density at radius 3 is 2.63 bits per heavy atom. The zero-order valence-electron chi connectivity index (χ0n) is 10.3. The minimum Gasteiger partial charge on any atom is -0.384 e. The Kier molecular flexibility index (Phi) is 5.65. The minimum absolute atomic E-state index is 0.0278. The van der Waals surface area contributed by atoms with Gasteiger partial charge in [0.15, 0.2) is 0 Å². The van der Waals surface area contributed by atoms with Crippen LogP contribution >= 0.6 is 15.9 Å². The molecule has 0 unspecified atom stereocenters. The number of anilines is 1. The molecule has 0 aliphatic carbocycles. The Labute approximate surface area is 117 Å². The third-order valence-corrected chi connectivity index (χ3v) is 2.82. The lowest BCUT2D eigenvalue weighted by Crippen LogP contribution is -2.25. The van der Waals surface area contributed by atoms with Crippen molar-refractivity contribution in [1.29, 1.82) is 0 Å². The molecule has 0 saturated heterocycles. The van der Waals surface area contributed by atoms with E-state index in [-0.39, 0.29) is 24.6 Å². The van der Waals surface area contributed by atoms with Gasteiger partial charge in [0.05, 0.1) is 5.56 Å². The van der Waals surface area contributed by atoms with Crippen LogP contribution in [0.4, 0.5) is 18.9 Å². The van der Waals surface area contributed by atoms with E-state index in [2.05, 4.69) is 26.6 Å². The van der Waals surface area contributed by atoms with Gasteiger partial charge in [0, 0.05) is 29.7 Å². The van der Waals surface area contributed by atoms with Crippen molar-refractivity contribution in [3.63, 3.8) is 0 Å². The van der Waals surface area contributed by atoms with E-state index in [1.807, 2.05) is 0 Å². The molecule has 1 rings (SSSR count). The minimum atomic E-state index is -4.43. The molecule has 1 amide bonds. The number of hydrogen-bond donors (Lipinski definition) is 2. The van der Waals surface area contributed by atoms with E-state index in [0.29, 0.717) is 11.0 Å². The molecule has 0 heterocycles. The predicted molar refractivity (Wildman–Crippen MR) is 70.9 cm³/mol. The maximum absolute atomic E-state index is 12.8. The summed E-state index contributed by atoms with van der Waals surface area (Å²) in [6.07, 6.45) is -4.31. The average Bonchev–Trinajstić information content (AvgIpc) is 2.30. The number of amides is 1. The molecule has 2 N–H and O–H groups in total. The quantitative estimate of drug-likeness (QED) is 0.863. The maximum Gasteiger partial charge on any atom is 0.418 e. The monoisotopic (exact) mass is 338 g/mol. The van der Waals surface area contributed by atoms with Crippen molar-refractivity contribution in [2.24, 2.45) is 0 Å². The topological polar surface area (TPSA) is 41.1 Å². The fourth-order valence-electron chi connectivity index (χ4n) is 1.50. The molecule has 0 radical (unpaired) electrons. The van der Waals surface area contributed by atoms with Gasteiger partial charge in [-0.1, -0.05) is 15.9 Å². The molecule has 0 spiro atoms. The molecule has 0 bridgehead atoms. The van der Waals surface area contributed by atoms with E-state index in [1.165, 1.54) is 12.1 Å². The van der Waals surface area contributed by atoms with Crippen molar-refractivity contribution < 1.29 is 18.0 Å². The lowest BCUT2D eigenvalue weighted by Gasteiger charge is -2.14. The first-order valence-corrected chi connectivity index (χ1v) is 6.51. The number of carbonyl (C=O) groups excluding carboxylic acids is 1. The lowest BCUT2D eigenvalue weighted by atomic mass is 10.1. The zero-order valence-corrected chi connectivity index (χ0v) is 11.9. The van der Waals surface area contributed by atoms with Crippen LogP contribution in [0.5, 0.6) is 0 Å². The molecule has 19 heavy (non-hydrogen) atoms. The third-order valence-electron chi connectivity index (χ3n) is 2.33. The van der Waals surface area contributed by atoms with Crippen LogP contribution in [0, 0.1) is 0 Å². The molecule has 0 fully saturated rings. The van der Waals surface area contributed by atoms with Gasteiger partial charge in [-0.15, -0.1) is 0 Å². The largest absolute Gasteiger partial charge is 0.418 e. The summed E-state index contributed by atoms with van der Waals surface area (Å²) in [5.74, 6) is -0.194. The summed E-state index contributed by atoms with van der Waals surface area (Å²) < 4.78 is 38.7. The van der Waals surface area contributed by atoms with E-state index < -0.39 is 11.7 Å². The van der Waals surface area contributed by atoms with Gasteiger partial charge in [-0.3, -0.25) is 4.79 Å². The highest BCUT2D eigenvalue weighted by atomic mass is 79.9. The number of hydrogen-bond acceptors (Lipinski definition) is 2. The van der Waals surface area contributed by atoms with Crippen LogP contribution in [0.25, 0.3) is 0 Å². The number of benzene rings is 1. The van der Waals surface area contributed by atoms with E-state index in [0.717, 1.165) is 6.07 Å². The van der Waals surface area contributed by atoms with Gasteiger partial charge in [-0.05, 0) is 25.1 Å². The van der Waals surface area contributed by atoms with Gasteiger partial charge < -0.3 is 10.6 Å². The van der Waals surface area contributed by atoms with Crippen molar-refractivity contribution in [2.45, 2.75) is 19.5 Å². The summed E-state index contributed by atoms with van der Waals surface area (Å²) >= 11 is 3.01. The molecule has 0 aliphatic heterocycles. The van der Waals surface area contributed by atoms with Crippen molar-refractivity contribution >= 4 is 27.5 Å². The van der Waals surface area contributed by atoms with Crippen LogP contribution in [0.1, 0.15) is 18.9 Å². The molecule has 7 heteroatoms. The Balaban J connectivity index is 2.71. The molecule has 106 valence electrons. The molecule has 0 atom stereocenters. The van der Waals surface area contributed by atoms with Crippen LogP contribution in [0.15, 0.2) is 22.7 Å². The second-order valence-corrected chi connectivity index (χ2v) is 4.73. The first kappa shape index (κ1) is 15.8. The van der Waals surface area contributed by atoms with Crippen LogP contribution in [-0.4, -0.2) is 19.0 Å². The average molecular weight is 339 g/mol. The highest BCUT2D eigenvalue weighted by Gasteiger charge is 2.33. The third kappa shape index (κ3) is 5.10. The first-order chi connectivity index (χ1) is 8.84. The second kappa shape index (κ2) is 6.79. The van der Waals surface area contributed by atoms with Gasteiger partial charge in [-0.25, -0.2) is 0 Å². The van der Waals surface area contributed by atoms with E-state index in [1.54, 1.807) is 6.92 Å². The van der Waals surface area contributed by atoms with Crippen LogP contribution in [0.2, 0.25) is 0 Å². The van der Waals surface area contributed by atoms with Gasteiger partial charge in [0.25, 0.3) is 0 Å². The molecule has 0 aromatic heterocycles. The number of carbonyl (C=O) groups is 1. The van der Waals surface area contributed by atoms with E-state index in [9.17, 15) is 18.0 Å². The van der Waals surface area contributed by atoms with E-state index >= 15 is 0 Å². The molecule has 0 saturated carbocycles. The Morgan fingerprint density at radius 2 is 2.05 bits per heavy atom. The highest BCUT2D eigenvalue weighted by Crippen LogP contribution is 2.36. The van der Waals surface area contributed by atoms with Crippen molar-refractivity contribution in [3.8, 4) is 0 Å². The first-order valence-electron chi connectivity index (χ1n) is 5.72. The number of nitrogens with one attached hydrogen (secondary N) is 2. The van der Waals surface area contributed by atoms with Gasteiger partial charge >= 0.3 is 6.18 Å². The standard InChI is InChI=1S/C12H14BrF3N2O/c1-2-17-11(19)5-6-18-10-4-3-8(13)7-9(10)12(14,15)16/h3-4,7,18H,2,5-6H2,1H3,(H,17,19). The molecule has 1 aromatic rings. The van der Waals surface area contributed by atoms with E-state index in [4.69, 9.17) is 0 Å². The Hall–Kier alpha value is -1.24. The number of alkyl halides is 3. The summed E-state index contributed by atoms with van der Waals surface area (Å²) in [6.45, 7) is 2.43.